The van der Waals surface area contributed by atoms with Crippen LogP contribution in [-0.2, 0) is 14.3 Å². The number of benzene rings is 1. The number of nitrogens with one attached hydrogen (secondary N) is 2. The molecule has 2 aliphatic heterocycles. The molecule has 2 amide bonds. The van der Waals surface area contributed by atoms with Gasteiger partial charge in [-0.05, 0) is 25.1 Å². The van der Waals surface area contributed by atoms with Crippen LogP contribution in [0.5, 0.6) is 0 Å². The Hall–Kier alpha value is -1.57. The van der Waals surface area contributed by atoms with Crippen LogP contribution in [0.4, 0.5) is 5.69 Å². The minimum Gasteiger partial charge on any atom is -0.379 e. The Balaban J connectivity index is 1.38. The standard InChI is InChI=1S/C17H23N3O3S/c21-16(18-6-3-7-20-8-10-23-11-9-20)12-15-17(22)19-13-4-1-2-5-14(13)24-15/h1-2,4-5,15H,3,6-12H2,(H,18,21)(H,19,22)/t15-/m1/s1. The second-order valence-corrected chi connectivity index (χ2v) is 7.20. The maximum absolute atomic E-state index is 12.1. The Labute approximate surface area is 146 Å². The molecule has 0 radical (unpaired) electrons. The summed E-state index contributed by atoms with van der Waals surface area (Å²) in [5, 5.41) is 5.43. The lowest BCUT2D eigenvalue weighted by Crippen LogP contribution is -2.39. The van der Waals surface area contributed by atoms with E-state index in [-0.39, 0.29) is 23.5 Å². The van der Waals surface area contributed by atoms with Gasteiger partial charge in [-0.25, -0.2) is 0 Å². The smallest absolute Gasteiger partial charge is 0.238 e. The monoisotopic (exact) mass is 349 g/mol. The largest absolute Gasteiger partial charge is 0.379 e. The van der Waals surface area contributed by atoms with E-state index in [0.717, 1.165) is 49.9 Å². The summed E-state index contributed by atoms with van der Waals surface area (Å²) in [6.45, 7) is 5.13. The third kappa shape index (κ3) is 4.72. The van der Waals surface area contributed by atoms with Crippen molar-refractivity contribution in [3.63, 3.8) is 0 Å². The van der Waals surface area contributed by atoms with Crippen LogP contribution in [0.25, 0.3) is 0 Å². The van der Waals surface area contributed by atoms with E-state index in [4.69, 9.17) is 4.74 Å². The van der Waals surface area contributed by atoms with Crippen molar-refractivity contribution in [2.75, 3.05) is 44.7 Å². The fourth-order valence-electron chi connectivity index (χ4n) is 2.82. The first-order valence-corrected chi connectivity index (χ1v) is 9.24. The molecule has 0 unspecified atom stereocenters. The molecule has 0 saturated carbocycles. The molecule has 0 spiro atoms. The summed E-state index contributed by atoms with van der Waals surface area (Å²) in [6, 6.07) is 7.67. The number of rotatable bonds is 6. The van der Waals surface area contributed by atoms with Gasteiger partial charge in [0, 0.05) is 31.0 Å². The number of amides is 2. The molecule has 2 N–H and O–H groups in total. The predicted molar refractivity (Wildman–Crippen MR) is 94.2 cm³/mol. The van der Waals surface area contributed by atoms with E-state index in [9.17, 15) is 9.59 Å². The van der Waals surface area contributed by atoms with Gasteiger partial charge in [-0.3, -0.25) is 14.5 Å². The number of anilines is 1. The SMILES string of the molecule is O=C(C[C@H]1Sc2ccccc2NC1=O)NCCCN1CCOCC1. The number of para-hydroxylation sites is 1. The van der Waals surface area contributed by atoms with Crippen molar-refractivity contribution in [1.82, 2.24) is 10.2 Å². The third-order valence-corrected chi connectivity index (χ3v) is 5.43. The highest BCUT2D eigenvalue weighted by Gasteiger charge is 2.28. The Morgan fingerprint density at radius 1 is 1.33 bits per heavy atom. The van der Waals surface area contributed by atoms with Crippen LogP contribution in [-0.4, -0.2) is 61.4 Å². The zero-order valence-electron chi connectivity index (χ0n) is 13.6. The highest BCUT2D eigenvalue weighted by molar-refractivity contribution is 8.01. The molecule has 6 nitrogen and oxygen atoms in total. The Morgan fingerprint density at radius 3 is 2.96 bits per heavy atom. The number of hydrogen-bond acceptors (Lipinski definition) is 5. The average molecular weight is 349 g/mol. The van der Waals surface area contributed by atoms with Gasteiger partial charge in [0.15, 0.2) is 0 Å². The summed E-state index contributed by atoms with van der Waals surface area (Å²) in [7, 11) is 0. The molecule has 2 aliphatic rings. The normalized spacial score (nSPS) is 21.0. The molecule has 1 fully saturated rings. The molecular formula is C17H23N3O3S. The molecule has 7 heteroatoms. The second kappa shape index (κ2) is 8.50. The van der Waals surface area contributed by atoms with Crippen LogP contribution >= 0.6 is 11.8 Å². The predicted octanol–water partition coefficient (Wildman–Crippen LogP) is 1.33. The number of hydrogen-bond donors (Lipinski definition) is 2. The molecule has 0 aromatic heterocycles. The van der Waals surface area contributed by atoms with Crippen LogP contribution in [0.3, 0.4) is 0 Å². The van der Waals surface area contributed by atoms with Gasteiger partial charge in [-0.15, -0.1) is 11.8 Å². The van der Waals surface area contributed by atoms with Gasteiger partial charge in [0.2, 0.25) is 11.8 Å². The number of morpholine rings is 1. The van der Waals surface area contributed by atoms with Gasteiger partial charge in [0.1, 0.15) is 0 Å². The quantitative estimate of drug-likeness (QED) is 0.758. The molecule has 1 atom stereocenters. The maximum atomic E-state index is 12.1. The molecule has 3 rings (SSSR count). The zero-order chi connectivity index (χ0) is 16.8. The van der Waals surface area contributed by atoms with Gasteiger partial charge in [0.25, 0.3) is 0 Å². The Kier molecular flexibility index (Phi) is 6.12. The lowest BCUT2D eigenvalue weighted by Gasteiger charge is -2.26. The zero-order valence-corrected chi connectivity index (χ0v) is 14.4. The van der Waals surface area contributed by atoms with E-state index in [0.29, 0.717) is 6.54 Å². The molecular weight excluding hydrogens is 326 g/mol. The number of carbonyl (C=O) groups is 2. The van der Waals surface area contributed by atoms with E-state index in [2.05, 4.69) is 15.5 Å². The Bertz CT molecular complexity index is 590. The number of nitrogens with zero attached hydrogens (tertiary/aromatic N) is 1. The molecule has 2 heterocycles. The van der Waals surface area contributed by atoms with E-state index < -0.39 is 0 Å². The molecule has 1 aromatic carbocycles. The lowest BCUT2D eigenvalue weighted by molar-refractivity contribution is -0.124. The van der Waals surface area contributed by atoms with Gasteiger partial charge in [-0.2, -0.15) is 0 Å². The molecule has 0 aliphatic carbocycles. The minimum absolute atomic E-state index is 0.0657. The highest BCUT2D eigenvalue weighted by atomic mass is 32.2. The van der Waals surface area contributed by atoms with Gasteiger partial charge in [-0.1, -0.05) is 12.1 Å². The van der Waals surface area contributed by atoms with Crippen molar-refractivity contribution < 1.29 is 14.3 Å². The summed E-state index contributed by atoms with van der Waals surface area (Å²) in [5.74, 6) is -0.161. The first-order chi connectivity index (χ1) is 11.7. The number of fused-ring (bicyclic) bond motifs is 1. The first kappa shape index (κ1) is 17.3. The molecule has 24 heavy (non-hydrogen) atoms. The molecule has 1 aromatic rings. The molecule has 0 bridgehead atoms. The highest BCUT2D eigenvalue weighted by Crippen LogP contribution is 2.36. The van der Waals surface area contributed by atoms with Crippen molar-refractivity contribution in [1.29, 1.82) is 0 Å². The topological polar surface area (TPSA) is 70.7 Å². The summed E-state index contributed by atoms with van der Waals surface area (Å²) in [5.41, 5.74) is 0.828. The van der Waals surface area contributed by atoms with Crippen molar-refractivity contribution in [2.24, 2.45) is 0 Å². The van der Waals surface area contributed by atoms with Crippen LogP contribution in [0.1, 0.15) is 12.8 Å². The summed E-state index contributed by atoms with van der Waals surface area (Å²) < 4.78 is 5.31. The maximum Gasteiger partial charge on any atom is 0.238 e. The Morgan fingerprint density at radius 2 is 2.12 bits per heavy atom. The van der Waals surface area contributed by atoms with Crippen molar-refractivity contribution >= 4 is 29.3 Å². The van der Waals surface area contributed by atoms with Crippen molar-refractivity contribution in [2.45, 2.75) is 23.0 Å². The summed E-state index contributed by atoms with van der Waals surface area (Å²) in [4.78, 5) is 27.5. The third-order valence-electron chi connectivity index (χ3n) is 4.15. The first-order valence-electron chi connectivity index (χ1n) is 8.36. The average Bonchev–Trinajstić information content (AvgIpc) is 2.60. The minimum atomic E-state index is -0.362. The van der Waals surface area contributed by atoms with Gasteiger partial charge >= 0.3 is 0 Å². The number of carbonyl (C=O) groups excluding carboxylic acids is 2. The van der Waals surface area contributed by atoms with Crippen LogP contribution in [0.15, 0.2) is 29.2 Å². The van der Waals surface area contributed by atoms with E-state index in [1.165, 1.54) is 11.8 Å². The fourth-order valence-corrected chi connectivity index (χ4v) is 3.93. The summed E-state index contributed by atoms with van der Waals surface area (Å²) in [6.07, 6.45) is 1.13. The number of ether oxygens (including phenoxy) is 1. The van der Waals surface area contributed by atoms with E-state index in [1.54, 1.807) is 0 Å². The van der Waals surface area contributed by atoms with E-state index in [1.807, 2.05) is 24.3 Å². The van der Waals surface area contributed by atoms with Crippen molar-refractivity contribution in [3.05, 3.63) is 24.3 Å². The molecule has 1 saturated heterocycles. The van der Waals surface area contributed by atoms with Gasteiger partial charge in [0.05, 0.1) is 24.2 Å². The molecule has 130 valence electrons. The lowest BCUT2D eigenvalue weighted by atomic mass is 10.2. The van der Waals surface area contributed by atoms with Crippen LogP contribution < -0.4 is 10.6 Å². The van der Waals surface area contributed by atoms with Crippen LogP contribution in [0, 0.1) is 0 Å². The van der Waals surface area contributed by atoms with Crippen LogP contribution in [0.2, 0.25) is 0 Å². The fraction of sp³-hybridized carbons (Fsp3) is 0.529. The second-order valence-electron chi connectivity index (χ2n) is 5.95. The van der Waals surface area contributed by atoms with Crippen molar-refractivity contribution in [3.8, 4) is 0 Å². The van der Waals surface area contributed by atoms with E-state index >= 15 is 0 Å². The van der Waals surface area contributed by atoms with Gasteiger partial charge < -0.3 is 15.4 Å². The summed E-state index contributed by atoms with van der Waals surface area (Å²) >= 11 is 1.46. The number of thioether (sulfide) groups is 1.